The summed E-state index contributed by atoms with van der Waals surface area (Å²) in [6, 6.07) is 10.6. The number of furan rings is 1. The SMILES string of the molecule is O=C(Nc1cccc(CN2CCOC2=O)c1)c1ccco1. The number of carbonyl (C=O) groups excluding carboxylic acids is 2. The Bertz CT molecular complexity index is 651. The minimum atomic E-state index is -0.308. The first-order valence-corrected chi connectivity index (χ1v) is 6.58. The number of nitrogens with zero attached hydrogens (tertiary/aromatic N) is 1. The van der Waals surface area contributed by atoms with Gasteiger partial charge in [0.05, 0.1) is 12.8 Å². The number of ether oxygens (including phenoxy) is 1. The van der Waals surface area contributed by atoms with Crippen LogP contribution in [-0.2, 0) is 11.3 Å². The Balaban J connectivity index is 1.68. The molecule has 0 radical (unpaired) electrons. The molecule has 1 saturated heterocycles. The number of rotatable bonds is 4. The first-order valence-electron chi connectivity index (χ1n) is 6.58. The van der Waals surface area contributed by atoms with Gasteiger partial charge < -0.3 is 19.4 Å². The van der Waals surface area contributed by atoms with Gasteiger partial charge in [0.25, 0.3) is 5.91 Å². The Morgan fingerprint density at radius 2 is 2.19 bits per heavy atom. The summed E-state index contributed by atoms with van der Waals surface area (Å²) in [5.41, 5.74) is 1.58. The molecule has 0 atom stereocenters. The van der Waals surface area contributed by atoms with E-state index in [2.05, 4.69) is 5.32 Å². The number of amides is 2. The lowest BCUT2D eigenvalue weighted by molar-refractivity contribution is 0.0996. The summed E-state index contributed by atoms with van der Waals surface area (Å²) < 4.78 is 9.92. The number of hydrogen-bond acceptors (Lipinski definition) is 4. The normalized spacial score (nSPS) is 14.1. The molecule has 6 nitrogen and oxygen atoms in total. The van der Waals surface area contributed by atoms with E-state index in [0.717, 1.165) is 5.56 Å². The van der Waals surface area contributed by atoms with E-state index in [1.54, 1.807) is 23.1 Å². The van der Waals surface area contributed by atoms with Crippen molar-refractivity contribution in [3.05, 3.63) is 54.0 Å². The molecule has 1 aliphatic heterocycles. The zero-order valence-corrected chi connectivity index (χ0v) is 11.2. The van der Waals surface area contributed by atoms with Crippen molar-refractivity contribution in [2.45, 2.75) is 6.54 Å². The fourth-order valence-electron chi connectivity index (χ4n) is 2.14. The van der Waals surface area contributed by atoms with Crippen molar-refractivity contribution in [1.29, 1.82) is 0 Å². The van der Waals surface area contributed by atoms with Crippen molar-refractivity contribution in [3.63, 3.8) is 0 Å². The van der Waals surface area contributed by atoms with Gasteiger partial charge in [-0.2, -0.15) is 0 Å². The molecule has 21 heavy (non-hydrogen) atoms. The van der Waals surface area contributed by atoms with Gasteiger partial charge in [-0.25, -0.2) is 4.79 Å². The van der Waals surface area contributed by atoms with Crippen LogP contribution in [0.2, 0.25) is 0 Å². The Hall–Kier alpha value is -2.76. The van der Waals surface area contributed by atoms with Crippen LogP contribution in [0.3, 0.4) is 0 Å². The largest absolute Gasteiger partial charge is 0.459 e. The molecule has 1 fully saturated rings. The van der Waals surface area contributed by atoms with Crippen LogP contribution in [0.4, 0.5) is 10.5 Å². The zero-order valence-electron chi connectivity index (χ0n) is 11.2. The maximum atomic E-state index is 11.9. The number of benzene rings is 1. The van der Waals surface area contributed by atoms with E-state index in [0.29, 0.717) is 25.4 Å². The second kappa shape index (κ2) is 5.70. The summed E-state index contributed by atoms with van der Waals surface area (Å²) in [5, 5.41) is 2.75. The van der Waals surface area contributed by atoms with E-state index in [1.807, 2.05) is 18.2 Å². The van der Waals surface area contributed by atoms with E-state index >= 15 is 0 Å². The van der Waals surface area contributed by atoms with Crippen molar-refractivity contribution in [2.75, 3.05) is 18.5 Å². The van der Waals surface area contributed by atoms with E-state index in [1.165, 1.54) is 6.26 Å². The molecule has 0 saturated carbocycles. The molecule has 108 valence electrons. The average Bonchev–Trinajstić information content (AvgIpc) is 3.12. The van der Waals surface area contributed by atoms with Gasteiger partial charge in [0.15, 0.2) is 5.76 Å². The fourth-order valence-corrected chi connectivity index (χ4v) is 2.14. The molecule has 1 aliphatic rings. The summed E-state index contributed by atoms with van der Waals surface area (Å²) in [6.07, 6.45) is 1.14. The summed E-state index contributed by atoms with van der Waals surface area (Å²) in [5.74, 6) is -0.0544. The van der Waals surface area contributed by atoms with Crippen LogP contribution in [0.5, 0.6) is 0 Å². The third-order valence-corrected chi connectivity index (χ3v) is 3.15. The number of anilines is 1. The highest BCUT2D eigenvalue weighted by atomic mass is 16.6. The molecule has 0 spiro atoms. The molecule has 1 aromatic carbocycles. The number of carbonyl (C=O) groups is 2. The maximum Gasteiger partial charge on any atom is 0.410 e. The number of cyclic esters (lactones) is 1. The van der Waals surface area contributed by atoms with Gasteiger partial charge in [-0.05, 0) is 29.8 Å². The predicted molar refractivity (Wildman–Crippen MR) is 74.9 cm³/mol. The van der Waals surface area contributed by atoms with Crippen LogP contribution < -0.4 is 5.32 Å². The van der Waals surface area contributed by atoms with Crippen LogP contribution in [0.15, 0.2) is 47.1 Å². The predicted octanol–water partition coefficient (Wildman–Crippen LogP) is 2.48. The van der Waals surface area contributed by atoms with Crippen LogP contribution in [0, 0.1) is 0 Å². The van der Waals surface area contributed by atoms with E-state index in [9.17, 15) is 9.59 Å². The van der Waals surface area contributed by atoms with E-state index in [-0.39, 0.29) is 17.8 Å². The standard InChI is InChI=1S/C15H14N2O4/c18-14(13-5-2-7-20-13)16-12-4-1-3-11(9-12)10-17-6-8-21-15(17)19/h1-5,7,9H,6,8,10H2,(H,16,18). The molecule has 0 aliphatic carbocycles. The quantitative estimate of drug-likeness (QED) is 0.937. The smallest absolute Gasteiger partial charge is 0.410 e. The molecule has 0 unspecified atom stereocenters. The molecular weight excluding hydrogens is 272 g/mol. The molecule has 1 aromatic heterocycles. The summed E-state index contributed by atoms with van der Waals surface area (Å²) in [4.78, 5) is 24.9. The molecule has 0 bridgehead atoms. The van der Waals surface area contributed by atoms with Gasteiger partial charge in [-0.15, -0.1) is 0 Å². The number of nitrogens with one attached hydrogen (secondary N) is 1. The molecule has 6 heteroatoms. The van der Waals surface area contributed by atoms with Crippen molar-refractivity contribution in [2.24, 2.45) is 0 Å². The van der Waals surface area contributed by atoms with E-state index in [4.69, 9.17) is 9.15 Å². The van der Waals surface area contributed by atoms with Crippen LogP contribution in [-0.4, -0.2) is 30.1 Å². The molecule has 2 amide bonds. The summed E-state index contributed by atoms with van der Waals surface area (Å²) in [7, 11) is 0. The van der Waals surface area contributed by atoms with Crippen molar-refractivity contribution in [3.8, 4) is 0 Å². The first kappa shape index (κ1) is 13.2. The third-order valence-electron chi connectivity index (χ3n) is 3.15. The first-order chi connectivity index (χ1) is 10.2. The van der Waals surface area contributed by atoms with Gasteiger partial charge >= 0.3 is 6.09 Å². The Kier molecular flexibility index (Phi) is 3.59. The van der Waals surface area contributed by atoms with Gasteiger partial charge in [0, 0.05) is 12.2 Å². The van der Waals surface area contributed by atoms with Crippen molar-refractivity contribution >= 4 is 17.7 Å². The van der Waals surface area contributed by atoms with Gasteiger partial charge in [0.1, 0.15) is 6.61 Å². The van der Waals surface area contributed by atoms with Crippen LogP contribution in [0.25, 0.3) is 0 Å². The topological polar surface area (TPSA) is 71.8 Å². The second-order valence-electron chi connectivity index (χ2n) is 4.67. The Morgan fingerprint density at radius 3 is 2.90 bits per heavy atom. The molecule has 1 N–H and O–H groups in total. The highest BCUT2D eigenvalue weighted by Crippen LogP contribution is 2.16. The molecule has 3 rings (SSSR count). The lowest BCUT2D eigenvalue weighted by Gasteiger charge is -2.13. The monoisotopic (exact) mass is 286 g/mol. The summed E-state index contributed by atoms with van der Waals surface area (Å²) >= 11 is 0. The minimum absolute atomic E-state index is 0.253. The highest BCUT2D eigenvalue weighted by molar-refractivity contribution is 6.02. The van der Waals surface area contributed by atoms with Crippen molar-refractivity contribution in [1.82, 2.24) is 4.90 Å². The maximum absolute atomic E-state index is 11.9. The Labute approximate surface area is 121 Å². The third kappa shape index (κ3) is 3.05. The van der Waals surface area contributed by atoms with Gasteiger partial charge in [-0.1, -0.05) is 12.1 Å². The number of hydrogen-bond donors (Lipinski definition) is 1. The van der Waals surface area contributed by atoms with Crippen LogP contribution >= 0.6 is 0 Å². The summed E-state index contributed by atoms with van der Waals surface area (Å²) in [6.45, 7) is 1.47. The van der Waals surface area contributed by atoms with Crippen molar-refractivity contribution < 1.29 is 18.7 Å². The average molecular weight is 286 g/mol. The Morgan fingerprint density at radius 1 is 1.29 bits per heavy atom. The lowest BCUT2D eigenvalue weighted by Crippen LogP contribution is -2.23. The second-order valence-corrected chi connectivity index (χ2v) is 4.67. The van der Waals surface area contributed by atoms with Gasteiger partial charge in [-0.3, -0.25) is 4.79 Å². The zero-order chi connectivity index (χ0) is 14.7. The molecule has 2 heterocycles. The lowest BCUT2D eigenvalue weighted by atomic mass is 10.2. The molecule has 2 aromatic rings. The molecular formula is C15H14N2O4. The van der Waals surface area contributed by atoms with Gasteiger partial charge in [0.2, 0.25) is 0 Å². The minimum Gasteiger partial charge on any atom is -0.459 e. The van der Waals surface area contributed by atoms with E-state index < -0.39 is 0 Å². The fraction of sp³-hybridized carbons (Fsp3) is 0.200. The highest BCUT2D eigenvalue weighted by Gasteiger charge is 2.21. The van der Waals surface area contributed by atoms with Crippen LogP contribution in [0.1, 0.15) is 16.1 Å².